The van der Waals surface area contributed by atoms with Crippen molar-refractivity contribution < 1.29 is 4.39 Å². The third kappa shape index (κ3) is 2.26. The molecule has 0 unspecified atom stereocenters. The van der Waals surface area contributed by atoms with Crippen molar-refractivity contribution in [3.8, 4) is 0 Å². The summed E-state index contributed by atoms with van der Waals surface area (Å²) < 4.78 is 13.1. The van der Waals surface area contributed by atoms with Gasteiger partial charge in [-0.15, -0.1) is 0 Å². The van der Waals surface area contributed by atoms with E-state index >= 15 is 0 Å². The number of aryl methyl sites for hydroxylation is 1. The predicted molar refractivity (Wildman–Crippen MR) is 58.6 cm³/mol. The lowest BCUT2D eigenvalue weighted by Crippen LogP contribution is -2.44. The number of aromatic nitrogens is 1. The van der Waals surface area contributed by atoms with E-state index < -0.39 is 0 Å². The zero-order chi connectivity index (χ0) is 10.8. The molecule has 0 aliphatic carbocycles. The molecule has 4 heteroatoms. The molecule has 15 heavy (non-hydrogen) atoms. The van der Waals surface area contributed by atoms with Gasteiger partial charge in [-0.25, -0.2) is 4.39 Å². The first-order valence-electron chi connectivity index (χ1n) is 5.22. The van der Waals surface area contributed by atoms with Crippen LogP contribution in [0, 0.1) is 12.7 Å². The van der Waals surface area contributed by atoms with Gasteiger partial charge in [0.1, 0.15) is 5.82 Å². The number of rotatable bonds is 1. The summed E-state index contributed by atoms with van der Waals surface area (Å²) in [6.45, 7) is 5.87. The molecule has 1 saturated heterocycles. The van der Waals surface area contributed by atoms with Crippen molar-refractivity contribution in [3.63, 3.8) is 0 Å². The van der Waals surface area contributed by atoms with E-state index in [0.717, 1.165) is 37.6 Å². The fourth-order valence-electron chi connectivity index (χ4n) is 1.86. The van der Waals surface area contributed by atoms with E-state index in [1.165, 1.54) is 6.20 Å². The lowest BCUT2D eigenvalue weighted by atomic mass is 10.2. The maximum Gasteiger partial charge on any atom is 0.143 e. The number of halogens is 1. The van der Waals surface area contributed by atoms with Crippen molar-refractivity contribution in [2.75, 3.05) is 38.1 Å². The minimum Gasteiger partial charge on any atom is -0.367 e. The highest BCUT2D eigenvalue weighted by molar-refractivity contribution is 5.50. The maximum absolute atomic E-state index is 13.1. The van der Waals surface area contributed by atoms with Gasteiger partial charge in [-0.05, 0) is 14.0 Å². The minimum atomic E-state index is -0.255. The van der Waals surface area contributed by atoms with E-state index in [2.05, 4.69) is 21.8 Å². The molecule has 1 aliphatic heterocycles. The highest BCUT2D eigenvalue weighted by Crippen LogP contribution is 2.20. The van der Waals surface area contributed by atoms with E-state index in [0.29, 0.717) is 0 Å². The van der Waals surface area contributed by atoms with Gasteiger partial charge < -0.3 is 9.80 Å². The van der Waals surface area contributed by atoms with E-state index in [4.69, 9.17) is 0 Å². The van der Waals surface area contributed by atoms with E-state index in [9.17, 15) is 4.39 Å². The first-order valence-corrected chi connectivity index (χ1v) is 5.22. The normalized spacial score (nSPS) is 18.2. The van der Waals surface area contributed by atoms with Crippen LogP contribution < -0.4 is 4.90 Å². The van der Waals surface area contributed by atoms with E-state index in [-0.39, 0.29) is 5.82 Å². The summed E-state index contributed by atoms with van der Waals surface area (Å²) in [5.41, 5.74) is 1.84. The zero-order valence-corrected chi connectivity index (χ0v) is 9.20. The van der Waals surface area contributed by atoms with Gasteiger partial charge in [0.05, 0.1) is 17.6 Å². The molecule has 0 bridgehead atoms. The molecule has 0 spiro atoms. The zero-order valence-electron chi connectivity index (χ0n) is 9.20. The Morgan fingerprint density at radius 3 is 2.60 bits per heavy atom. The largest absolute Gasteiger partial charge is 0.367 e. The number of hydrogen-bond donors (Lipinski definition) is 0. The van der Waals surface area contributed by atoms with Crippen LogP contribution in [-0.2, 0) is 0 Å². The van der Waals surface area contributed by atoms with Crippen molar-refractivity contribution in [1.29, 1.82) is 0 Å². The monoisotopic (exact) mass is 209 g/mol. The summed E-state index contributed by atoms with van der Waals surface area (Å²) in [7, 11) is 2.11. The molecule has 1 aromatic rings. The summed E-state index contributed by atoms with van der Waals surface area (Å²) >= 11 is 0. The number of likely N-dealkylation sites (N-methyl/N-ethyl adjacent to an activating group) is 1. The maximum atomic E-state index is 13.1. The summed E-state index contributed by atoms with van der Waals surface area (Å²) in [5.74, 6) is -0.255. The molecule has 0 saturated carbocycles. The average molecular weight is 209 g/mol. The van der Waals surface area contributed by atoms with Gasteiger partial charge in [-0.1, -0.05) is 0 Å². The van der Waals surface area contributed by atoms with Gasteiger partial charge >= 0.3 is 0 Å². The molecule has 0 N–H and O–H groups in total. The highest BCUT2D eigenvalue weighted by Gasteiger charge is 2.16. The van der Waals surface area contributed by atoms with Gasteiger partial charge in [0, 0.05) is 32.2 Å². The van der Waals surface area contributed by atoms with Gasteiger partial charge in [0.2, 0.25) is 0 Å². The van der Waals surface area contributed by atoms with Crippen molar-refractivity contribution in [1.82, 2.24) is 9.88 Å². The Bertz CT molecular complexity index is 346. The second kappa shape index (κ2) is 4.14. The second-order valence-corrected chi connectivity index (χ2v) is 4.05. The summed E-state index contributed by atoms with van der Waals surface area (Å²) in [6, 6.07) is 1.58. The Kier molecular flexibility index (Phi) is 2.86. The Labute approximate surface area is 89.5 Å². The van der Waals surface area contributed by atoms with Crippen molar-refractivity contribution >= 4 is 5.69 Å². The molecule has 82 valence electrons. The third-order valence-corrected chi connectivity index (χ3v) is 2.87. The van der Waals surface area contributed by atoms with Crippen molar-refractivity contribution in [2.45, 2.75) is 6.92 Å². The molecule has 0 radical (unpaired) electrons. The number of hydrogen-bond acceptors (Lipinski definition) is 3. The summed E-state index contributed by atoms with van der Waals surface area (Å²) in [4.78, 5) is 8.52. The number of anilines is 1. The Morgan fingerprint density at radius 2 is 1.93 bits per heavy atom. The van der Waals surface area contributed by atoms with Gasteiger partial charge in [-0.3, -0.25) is 4.98 Å². The quantitative estimate of drug-likeness (QED) is 0.694. The molecule has 3 nitrogen and oxygen atoms in total. The topological polar surface area (TPSA) is 19.4 Å². The van der Waals surface area contributed by atoms with Crippen LogP contribution in [0.25, 0.3) is 0 Å². The summed E-state index contributed by atoms with van der Waals surface area (Å²) in [6.07, 6.45) is 1.27. The fraction of sp³-hybridized carbons (Fsp3) is 0.545. The van der Waals surface area contributed by atoms with Crippen LogP contribution in [0.3, 0.4) is 0 Å². The minimum absolute atomic E-state index is 0.255. The fourth-order valence-corrected chi connectivity index (χ4v) is 1.86. The number of piperazine rings is 1. The molecule has 2 rings (SSSR count). The Balaban J connectivity index is 2.18. The second-order valence-electron chi connectivity index (χ2n) is 4.05. The van der Waals surface area contributed by atoms with Gasteiger partial charge in [0.25, 0.3) is 0 Å². The Morgan fingerprint density at radius 1 is 1.27 bits per heavy atom. The molecule has 0 atom stereocenters. The molecular weight excluding hydrogens is 193 g/mol. The summed E-state index contributed by atoms with van der Waals surface area (Å²) in [5, 5.41) is 0. The van der Waals surface area contributed by atoms with Crippen LogP contribution in [0.2, 0.25) is 0 Å². The first kappa shape index (κ1) is 10.4. The molecule has 1 fully saturated rings. The lowest BCUT2D eigenvalue weighted by molar-refractivity contribution is 0.312. The van der Waals surface area contributed by atoms with Crippen LogP contribution in [0.4, 0.5) is 10.1 Å². The van der Waals surface area contributed by atoms with Crippen molar-refractivity contribution in [3.05, 3.63) is 23.8 Å². The highest BCUT2D eigenvalue weighted by atomic mass is 19.1. The van der Waals surface area contributed by atoms with Crippen molar-refractivity contribution in [2.24, 2.45) is 0 Å². The van der Waals surface area contributed by atoms with Crippen LogP contribution >= 0.6 is 0 Å². The molecule has 0 amide bonds. The molecule has 0 aromatic carbocycles. The van der Waals surface area contributed by atoms with Gasteiger partial charge in [0.15, 0.2) is 0 Å². The average Bonchev–Trinajstić information content (AvgIpc) is 2.23. The smallest absolute Gasteiger partial charge is 0.143 e. The molecular formula is C11H16FN3. The van der Waals surface area contributed by atoms with Crippen LogP contribution in [0.5, 0.6) is 0 Å². The van der Waals surface area contributed by atoms with Crippen LogP contribution in [0.15, 0.2) is 12.3 Å². The molecule has 1 aromatic heterocycles. The number of nitrogens with zero attached hydrogens (tertiary/aromatic N) is 3. The standard InChI is InChI=1S/C11H16FN3/c1-9-11(7-10(12)8-13-9)15-5-3-14(2)4-6-15/h7-8H,3-6H2,1-2H3. The van der Waals surface area contributed by atoms with Crippen LogP contribution in [-0.4, -0.2) is 43.1 Å². The van der Waals surface area contributed by atoms with E-state index in [1.807, 2.05) is 6.92 Å². The molecule has 1 aliphatic rings. The SMILES string of the molecule is Cc1ncc(F)cc1N1CCN(C)CC1. The molecule has 2 heterocycles. The van der Waals surface area contributed by atoms with E-state index in [1.54, 1.807) is 6.07 Å². The van der Waals surface area contributed by atoms with Crippen LogP contribution in [0.1, 0.15) is 5.69 Å². The van der Waals surface area contributed by atoms with Gasteiger partial charge in [-0.2, -0.15) is 0 Å². The Hall–Kier alpha value is -1.16. The first-order chi connectivity index (χ1) is 7.16. The number of pyridine rings is 1. The lowest BCUT2D eigenvalue weighted by Gasteiger charge is -2.34. The third-order valence-electron chi connectivity index (χ3n) is 2.87. The predicted octanol–water partition coefficient (Wildman–Crippen LogP) is 1.28.